The van der Waals surface area contributed by atoms with Gasteiger partial charge in [0.25, 0.3) is 11.8 Å². The summed E-state index contributed by atoms with van der Waals surface area (Å²) in [4.78, 5) is 26.4. The molecule has 0 spiro atoms. The molecule has 0 saturated carbocycles. The number of carbonyl (C=O) groups is 2. The van der Waals surface area contributed by atoms with Crippen LogP contribution in [0.4, 0.5) is 5.69 Å². The predicted molar refractivity (Wildman–Crippen MR) is 89.4 cm³/mol. The molecule has 0 radical (unpaired) electrons. The zero-order valence-electron chi connectivity index (χ0n) is 12.4. The normalized spacial score (nSPS) is 9.86. The number of amides is 2. The maximum atomic E-state index is 12.4. The second-order valence-corrected chi connectivity index (χ2v) is 6.17. The maximum absolute atomic E-state index is 12.4. The number of thiophene rings is 1. The van der Waals surface area contributed by atoms with Crippen molar-refractivity contribution >= 4 is 28.8 Å². The number of carbonyl (C=O) groups excluding carboxylic acids is 2. The van der Waals surface area contributed by atoms with Crippen molar-refractivity contribution in [3.05, 3.63) is 51.2 Å². The molecule has 5 heteroatoms. The van der Waals surface area contributed by atoms with Crippen LogP contribution in [0.25, 0.3) is 0 Å². The summed E-state index contributed by atoms with van der Waals surface area (Å²) in [7, 11) is 0. The molecule has 0 aliphatic rings. The van der Waals surface area contributed by atoms with Gasteiger partial charge in [-0.05, 0) is 32.0 Å². The largest absolute Gasteiger partial charge is 0.341 e. The predicted octanol–water partition coefficient (Wildman–Crippen LogP) is 2.98. The smallest absolute Gasteiger partial charge is 0.256 e. The lowest BCUT2D eigenvalue weighted by Gasteiger charge is -2.10. The number of aryl methyl sites for hydroxylation is 2. The molecule has 0 aliphatic heterocycles. The van der Waals surface area contributed by atoms with Gasteiger partial charge in [0.2, 0.25) is 0 Å². The van der Waals surface area contributed by atoms with E-state index >= 15 is 0 Å². The number of hydrogen-bond donors (Lipinski definition) is 2. The Kier molecular flexibility index (Phi) is 4.97. The summed E-state index contributed by atoms with van der Waals surface area (Å²) in [6, 6.07) is 8.68. The minimum Gasteiger partial charge on any atom is -0.341 e. The van der Waals surface area contributed by atoms with Gasteiger partial charge in [0.1, 0.15) is 0 Å². The van der Waals surface area contributed by atoms with Gasteiger partial charge >= 0.3 is 0 Å². The van der Waals surface area contributed by atoms with E-state index in [-0.39, 0.29) is 18.4 Å². The van der Waals surface area contributed by atoms with Crippen LogP contribution in [0.3, 0.4) is 0 Å². The Morgan fingerprint density at radius 3 is 2.55 bits per heavy atom. The van der Waals surface area contributed by atoms with E-state index in [0.717, 1.165) is 9.75 Å². The first-order valence-electron chi connectivity index (χ1n) is 6.72. The zero-order valence-corrected chi connectivity index (χ0v) is 13.2. The van der Waals surface area contributed by atoms with Crippen molar-refractivity contribution in [2.45, 2.75) is 13.8 Å². The molecule has 1 heterocycles. The molecular formula is C17H16N2O2S. The Balaban J connectivity index is 2.23. The van der Waals surface area contributed by atoms with Crippen molar-refractivity contribution in [3.8, 4) is 12.3 Å². The summed E-state index contributed by atoms with van der Waals surface area (Å²) in [5.41, 5.74) is 1.47. The van der Waals surface area contributed by atoms with Crippen LogP contribution in [0.2, 0.25) is 0 Å². The molecule has 4 nitrogen and oxygen atoms in total. The molecule has 2 aromatic rings. The lowest BCUT2D eigenvalue weighted by molar-refractivity contribution is 0.0959. The summed E-state index contributed by atoms with van der Waals surface area (Å²) >= 11 is 1.57. The Bertz CT molecular complexity index is 756. The third-order valence-corrected chi connectivity index (χ3v) is 4.02. The van der Waals surface area contributed by atoms with Crippen molar-refractivity contribution in [1.29, 1.82) is 0 Å². The molecule has 112 valence electrons. The molecule has 0 unspecified atom stereocenters. The number of anilines is 1. The number of nitrogens with one attached hydrogen (secondary N) is 2. The molecule has 2 N–H and O–H groups in total. The topological polar surface area (TPSA) is 58.2 Å². The average Bonchev–Trinajstić information content (AvgIpc) is 2.84. The van der Waals surface area contributed by atoms with E-state index in [2.05, 4.69) is 16.6 Å². The summed E-state index contributed by atoms with van der Waals surface area (Å²) < 4.78 is 0. The van der Waals surface area contributed by atoms with Crippen molar-refractivity contribution in [2.24, 2.45) is 0 Å². The SMILES string of the molecule is C#CCNC(=O)c1ccccc1NC(=O)c1cc(C)sc1C. The maximum Gasteiger partial charge on any atom is 0.256 e. The minimum absolute atomic E-state index is 0.143. The highest BCUT2D eigenvalue weighted by atomic mass is 32.1. The van der Waals surface area contributed by atoms with Gasteiger partial charge in [-0.1, -0.05) is 18.1 Å². The van der Waals surface area contributed by atoms with Gasteiger partial charge in [-0.3, -0.25) is 9.59 Å². The van der Waals surface area contributed by atoms with Gasteiger partial charge in [-0.25, -0.2) is 0 Å². The van der Waals surface area contributed by atoms with Crippen LogP contribution in [0.15, 0.2) is 30.3 Å². The van der Waals surface area contributed by atoms with Crippen LogP contribution < -0.4 is 10.6 Å². The molecule has 0 bridgehead atoms. The van der Waals surface area contributed by atoms with E-state index in [1.807, 2.05) is 19.9 Å². The van der Waals surface area contributed by atoms with Gasteiger partial charge in [0, 0.05) is 9.75 Å². The third-order valence-electron chi connectivity index (χ3n) is 3.06. The minimum atomic E-state index is -0.313. The van der Waals surface area contributed by atoms with Crippen molar-refractivity contribution in [1.82, 2.24) is 5.32 Å². The van der Waals surface area contributed by atoms with Crippen molar-refractivity contribution < 1.29 is 9.59 Å². The lowest BCUT2D eigenvalue weighted by Crippen LogP contribution is -2.25. The van der Waals surface area contributed by atoms with E-state index in [9.17, 15) is 9.59 Å². The number of para-hydroxylation sites is 1. The average molecular weight is 312 g/mol. The van der Waals surface area contributed by atoms with Crippen molar-refractivity contribution in [3.63, 3.8) is 0 Å². The highest BCUT2D eigenvalue weighted by Crippen LogP contribution is 2.23. The Labute approximate surface area is 133 Å². The molecule has 0 atom stereocenters. The Morgan fingerprint density at radius 2 is 1.91 bits per heavy atom. The van der Waals surface area contributed by atoms with Crippen LogP contribution in [-0.2, 0) is 0 Å². The first-order valence-corrected chi connectivity index (χ1v) is 7.53. The first-order chi connectivity index (χ1) is 10.5. The third kappa shape index (κ3) is 3.54. The molecule has 1 aromatic carbocycles. The Morgan fingerprint density at radius 1 is 1.18 bits per heavy atom. The fraction of sp³-hybridized carbons (Fsp3) is 0.176. The molecule has 22 heavy (non-hydrogen) atoms. The summed E-state index contributed by atoms with van der Waals surface area (Å²) in [6.45, 7) is 4.00. The number of terminal acetylenes is 1. The molecule has 0 aliphatic carbocycles. The molecule has 1 aromatic heterocycles. The van der Waals surface area contributed by atoms with Crippen LogP contribution in [-0.4, -0.2) is 18.4 Å². The summed E-state index contributed by atoms with van der Waals surface area (Å²) in [5, 5.41) is 5.39. The summed E-state index contributed by atoms with van der Waals surface area (Å²) in [6.07, 6.45) is 5.14. The van der Waals surface area contributed by atoms with E-state index in [0.29, 0.717) is 16.8 Å². The number of rotatable bonds is 4. The van der Waals surface area contributed by atoms with E-state index in [4.69, 9.17) is 6.42 Å². The second kappa shape index (κ2) is 6.92. The molecule has 2 amide bonds. The Hall–Kier alpha value is -2.58. The number of hydrogen-bond acceptors (Lipinski definition) is 3. The van der Waals surface area contributed by atoms with Crippen LogP contribution in [0.1, 0.15) is 30.5 Å². The van der Waals surface area contributed by atoms with Crippen LogP contribution >= 0.6 is 11.3 Å². The molecule has 0 saturated heterocycles. The van der Waals surface area contributed by atoms with Gasteiger partial charge in [-0.2, -0.15) is 0 Å². The van der Waals surface area contributed by atoms with E-state index in [1.54, 1.807) is 35.6 Å². The van der Waals surface area contributed by atoms with Crippen molar-refractivity contribution in [2.75, 3.05) is 11.9 Å². The second-order valence-electron chi connectivity index (χ2n) is 4.71. The van der Waals surface area contributed by atoms with Gasteiger partial charge in [0.15, 0.2) is 0 Å². The van der Waals surface area contributed by atoms with Crippen LogP contribution in [0.5, 0.6) is 0 Å². The fourth-order valence-electron chi connectivity index (χ4n) is 2.06. The monoisotopic (exact) mass is 312 g/mol. The van der Waals surface area contributed by atoms with E-state index < -0.39 is 0 Å². The van der Waals surface area contributed by atoms with Gasteiger partial charge < -0.3 is 10.6 Å². The first kappa shape index (κ1) is 15.8. The summed E-state index contributed by atoms with van der Waals surface area (Å²) in [5.74, 6) is 1.81. The molecular weight excluding hydrogens is 296 g/mol. The highest BCUT2D eigenvalue weighted by molar-refractivity contribution is 7.12. The number of benzene rings is 1. The standard InChI is InChI=1S/C17H16N2O2S/c1-4-9-18-16(20)13-7-5-6-8-15(13)19-17(21)14-10-11(2)22-12(14)3/h1,5-8,10H,9H2,2-3H3,(H,18,20)(H,19,21). The lowest BCUT2D eigenvalue weighted by atomic mass is 10.1. The van der Waals surface area contributed by atoms with Gasteiger partial charge in [-0.15, -0.1) is 17.8 Å². The van der Waals surface area contributed by atoms with E-state index in [1.165, 1.54) is 0 Å². The molecule has 0 fully saturated rings. The van der Waals surface area contributed by atoms with Crippen LogP contribution in [0, 0.1) is 26.2 Å². The quantitative estimate of drug-likeness (QED) is 0.853. The van der Waals surface area contributed by atoms with Gasteiger partial charge in [0.05, 0.1) is 23.4 Å². The molecule has 2 rings (SSSR count). The zero-order chi connectivity index (χ0) is 16.1. The highest BCUT2D eigenvalue weighted by Gasteiger charge is 2.16. The fourth-order valence-corrected chi connectivity index (χ4v) is 2.98.